The molecule has 0 saturated heterocycles. The Bertz CT molecular complexity index is 1150. The third-order valence-corrected chi connectivity index (χ3v) is 5.33. The molecule has 0 amide bonds. The first-order chi connectivity index (χ1) is 14.9. The summed E-state index contributed by atoms with van der Waals surface area (Å²) in [7, 11) is 0. The van der Waals surface area contributed by atoms with E-state index in [1.165, 1.54) is 44.5 Å². The number of aromatic nitrogens is 2. The molecule has 2 nitrogen and oxygen atoms in total. The van der Waals surface area contributed by atoms with Gasteiger partial charge in [0.15, 0.2) is 0 Å². The average molecular weight is 384 g/mol. The Morgan fingerprint density at radius 2 is 0.600 bits per heavy atom. The standard InChI is InChI=1S/C28H20N2/c1-2-27(23-8-4-21(5-9-23)25-12-16-29-17-13-25)20-28(3-1)24-10-6-22(7-11-24)26-14-18-30-19-15-26/h1-20H. The number of rotatable bonds is 4. The molecule has 0 aliphatic rings. The predicted molar refractivity (Wildman–Crippen MR) is 124 cm³/mol. The molecule has 0 bridgehead atoms. The van der Waals surface area contributed by atoms with Gasteiger partial charge >= 0.3 is 0 Å². The highest BCUT2D eigenvalue weighted by Gasteiger charge is 2.04. The monoisotopic (exact) mass is 384 g/mol. The summed E-state index contributed by atoms with van der Waals surface area (Å²) < 4.78 is 0. The summed E-state index contributed by atoms with van der Waals surface area (Å²) in [4.78, 5) is 8.19. The van der Waals surface area contributed by atoms with Gasteiger partial charge in [0.1, 0.15) is 0 Å². The van der Waals surface area contributed by atoms with Gasteiger partial charge in [-0.15, -0.1) is 0 Å². The summed E-state index contributed by atoms with van der Waals surface area (Å²) in [6.45, 7) is 0. The lowest BCUT2D eigenvalue weighted by atomic mass is 9.96. The van der Waals surface area contributed by atoms with Crippen LogP contribution in [0.3, 0.4) is 0 Å². The molecule has 5 rings (SSSR count). The van der Waals surface area contributed by atoms with Gasteiger partial charge in [-0.05, 0) is 74.8 Å². The summed E-state index contributed by atoms with van der Waals surface area (Å²) in [5, 5.41) is 0. The third kappa shape index (κ3) is 3.76. The molecule has 0 aliphatic carbocycles. The zero-order valence-corrected chi connectivity index (χ0v) is 16.4. The normalized spacial score (nSPS) is 10.7. The van der Waals surface area contributed by atoms with Crippen LogP contribution in [0.4, 0.5) is 0 Å². The molecule has 0 aliphatic heterocycles. The summed E-state index contributed by atoms with van der Waals surface area (Å²) in [5.41, 5.74) is 9.61. The molecule has 0 radical (unpaired) electrons. The number of pyridine rings is 2. The van der Waals surface area contributed by atoms with E-state index in [2.05, 4.69) is 82.8 Å². The second-order valence-electron chi connectivity index (χ2n) is 7.21. The predicted octanol–water partition coefficient (Wildman–Crippen LogP) is 7.14. The van der Waals surface area contributed by atoms with Crippen molar-refractivity contribution in [3.8, 4) is 44.5 Å². The molecule has 2 heteroatoms. The van der Waals surface area contributed by atoms with Crippen LogP contribution in [0.2, 0.25) is 0 Å². The summed E-state index contributed by atoms with van der Waals surface area (Å²) in [6.07, 6.45) is 7.30. The zero-order valence-electron chi connectivity index (χ0n) is 16.4. The van der Waals surface area contributed by atoms with Gasteiger partial charge in [-0.25, -0.2) is 0 Å². The van der Waals surface area contributed by atoms with E-state index < -0.39 is 0 Å². The molecule has 2 heterocycles. The molecular formula is C28H20N2. The van der Waals surface area contributed by atoms with Gasteiger partial charge in [-0.3, -0.25) is 9.97 Å². The minimum atomic E-state index is 1.18. The lowest BCUT2D eigenvalue weighted by Crippen LogP contribution is -1.84. The molecule has 0 fully saturated rings. The van der Waals surface area contributed by atoms with Gasteiger partial charge in [0.2, 0.25) is 0 Å². The van der Waals surface area contributed by atoms with Gasteiger partial charge in [-0.1, -0.05) is 66.7 Å². The number of hydrogen-bond donors (Lipinski definition) is 0. The Morgan fingerprint density at radius 3 is 0.967 bits per heavy atom. The van der Waals surface area contributed by atoms with E-state index in [1.807, 2.05) is 49.1 Å². The molecule has 3 aromatic carbocycles. The van der Waals surface area contributed by atoms with Crippen molar-refractivity contribution >= 4 is 0 Å². The molecule has 142 valence electrons. The SMILES string of the molecule is c1cc(-c2ccc(-c3ccncc3)cc2)cc(-c2ccc(-c3ccncc3)cc2)c1. The minimum Gasteiger partial charge on any atom is -0.265 e. The van der Waals surface area contributed by atoms with Crippen LogP contribution in [0.5, 0.6) is 0 Å². The first kappa shape index (κ1) is 18.0. The molecule has 0 saturated carbocycles. The maximum atomic E-state index is 4.09. The fraction of sp³-hybridized carbons (Fsp3) is 0. The van der Waals surface area contributed by atoms with Crippen LogP contribution >= 0.6 is 0 Å². The molecule has 5 aromatic rings. The van der Waals surface area contributed by atoms with Crippen molar-refractivity contribution in [3.63, 3.8) is 0 Å². The van der Waals surface area contributed by atoms with E-state index in [9.17, 15) is 0 Å². The number of benzene rings is 3. The maximum absolute atomic E-state index is 4.09. The smallest absolute Gasteiger partial charge is 0.0273 e. The van der Waals surface area contributed by atoms with Gasteiger partial charge in [0.05, 0.1) is 0 Å². The van der Waals surface area contributed by atoms with E-state index in [1.54, 1.807) is 0 Å². The summed E-state index contributed by atoms with van der Waals surface area (Å²) in [5.74, 6) is 0. The van der Waals surface area contributed by atoms with E-state index in [-0.39, 0.29) is 0 Å². The number of nitrogens with zero attached hydrogens (tertiary/aromatic N) is 2. The van der Waals surface area contributed by atoms with Gasteiger partial charge in [0.25, 0.3) is 0 Å². The quantitative estimate of drug-likeness (QED) is 0.329. The molecule has 0 N–H and O–H groups in total. The van der Waals surface area contributed by atoms with E-state index in [4.69, 9.17) is 0 Å². The largest absolute Gasteiger partial charge is 0.265 e. The van der Waals surface area contributed by atoms with E-state index >= 15 is 0 Å². The van der Waals surface area contributed by atoms with Crippen molar-refractivity contribution in [2.24, 2.45) is 0 Å². The zero-order chi connectivity index (χ0) is 20.2. The first-order valence-corrected chi connectivity index (χ1v) is 9.98. The van der Waals surface area contributed by atoms with Crippen molar-refractivity contribution in [3.05, 3.63) is 122 Å². The highest BCUT2D eigenvalue weighted by atomic mass is 14.6. The highest BCUT2D eigenvalue weighted by Crippen LogP contribution is 2.29. The van der Waals surface area contributed by atoms with Crippen LogP contribution in [0.15, 0.2) is 122 Å². The maximum Gasteiger partial charge on any atom is 0.0273 e. The van der Waals surface area contributed by atoms with Crippen molar-refractivity contribution < 1.29 is 0 Å². The topological polar surface area (TPSA) is 25.8 Å². The van der Waals surface area contributed by atoms with Gasteiger partial charge in [-0.2, -0.15) is 0 Å². The lowest BCUT2D eigenvalue weighted by molar-refractivity contribution is 1.33. The number of hydrogen-bond acceptors (Lipinski definition) is 2. The minimum absolute atomic E-state index is 1.18. The Kier molecular flexibility index (Phi) is 4.89. The third-order valence-electron chi connectivity index (χ3n) is 5.33. The van der Waals surface area contributed by atoms with Crippen molar-refractivity contribution in [1.82, 2.24) is 9.97 Å². The van der Waals surface area contributed by atoms with Crippen LogP contribution in [0.25, 0.3) is 44.5 Å². The highest BCUT2D eigenvalue weighted by molar-refractivity contribution is 5.76. The van der Waals surface area contributed by atoms with Crippen LogP contribution in [-0.2, 0) is 0 Å². The Hall–Kier alpha value is -4.04. The van der Waals surface area contributed by atoms with E-state index in [0.717, 1.165) is 0 Å². The van der Waals surface area contributed by atoms with Crippen LogP contribution in [-0.4, -0.2) is 9.97 Å². The van der Waals surface area contributed by atoms with Crippen molar-refractivity contribution in [1.29, 1.82) is 0 Å². The van der Waals surface area contributed by atoms with Gasteiger partial charge in [0, 0.05) is 24.8 Å². The Morgan fingerprint density at radius 1 is 0.300 bits per heavy atom. The Labute approximate surface area is 176 Å². The Balaban J connectivity index is 1.42. The van der Waals surface area contributed by atoms with Crippen molar-refractivity contribution in [2.75, 3.05) is 0 Å². The van der Waals surface area contributed by atoms with Crippen molar-refractivity contribution in [2.45, 2.75) is 0 Å². The second kappa shape index (κ2) is 8.14. The van der Waals surface area contributed by atoms with Crippen LogP contribution < -0.4 is 0 Å². The summed E-state index contributed by atoms with van der Waals surface area (Å²) in [6, 6.07) is 34.2. The summed E-state index contributed by atoms with van der Waals surface area (Å²) >= 11 is 0. The lowest BCUT2D eigenvalue weighted by Gasteiger charge is -2.09. The molecular weight excluding hydrogens is 364 g/mol. The molecule has 2 aromatic heterocycles. The molecule has 30 heavy (non-hydrogen) atoms. The first-order valence-electron chi connectivity index (χ1n) is 9.98. The molecule has 0 spiro atoms. The van der Waals surface area contributed by atoms with Crippen LogP contribution in [0, 0.1) is 0 Å². The fourth-order valence-electron chi connectivity index (χ4n) is 3.68. The molecule has 0 unspecified atom stereocenters. The molecule has 0 atom stereocenters. The van der Waals surface area contributed by atoms with Crippen LogP contribution in [0.1, 0.15) is 0 Å². The van der Waals surface area contributed by atoms with Gasteiger partial charge < -0.3 is 0 Å². The fourth-order valence-corrected chi connectivity index (χ4v) is 3.68. The average Bonchev–Trinajstić information content (AvgIpc) is 2.85. The van der Waals surface area contributed by atoms with E-state index in [0.29, 0.717) is 0 Å². The second-order valence-corrected chi connectivity index (χ2v) is 7.21.